The molecular formula is C19H16N4O3S. The monoisotopic (exact) mass is 380 g/mol. The molecule has 0 atom stereocenters. The van der Waals surface area contributed by atoms with Crippen LogP contribution in [0.3, 0.4) is 0 Å². The van der Waals surface area contributed by atoms with Crippen molar-refractivity contribution < 1.29 is 14.4 Å². The van der Waals surface area contributed by atoms with Crippen LogP contribution in [0.4, 0.5) is 5.13 Å². The highest BCUT2D eigenvalue weighted by Gasteiger charge is 2.32. The molecule has 1 aliphatic rings. The van der Waals surface area contributed by atoms with Crippen LogP contribution in [-0.2, 0) is 4.79 Å². The molecule has 2 heterocycles. The Morgan fingerprint density at radius 3 is 2.33 bits per heavy atom. The number of benzene rings is 2. The summed E-state index contributed by atoms with van der Waals surface area (Å²) in [5, 5.41) is 13.1. The van der Waals surface area contributed by atoms with Gasteiger partial charge in [-0.25, -0.2) is 0 Å². The lowest BCUT2D eigenvalue weighted by molar-refractivity contribution is -0.116. The average Bonchev–Trinajstić information content (AvgIpc) is 3.07. The van der Waals surface area contributed by atoms with E-state index in [1.165, 1.54) is 16.2 Å². The maximum absolute atomic E-state index is 12.8. The maximum Gasteiger partial charge on any atom is 0.261 e. The van der Waals surface area contributed by atoms with E-state index in [0.717, 1.165) is 10.4 Å². The molecule has 1 N–H and O–H groups in total. The Kier molecular flexibility index (Phi) is 4.41. The number of amides is 3. The Balaban J connectivity index is 1.45. The average molecular weight is 380 g/mol. The van der Waals surface area contributed by atoms with E-state index in [4.69, 9.17) is 0 Å². The molecular weight excluding hydrogens is 364 g/mol. The van der Waals surface area contributed by atoms with Crippen molar-refractivity contribution >= 4 is 45.0 Å². The summed E-state index contributed by atoms with van der Waals surface area (Å²) in [6, 6.07) is 10.9. The molecule has 1 aromatic heterocycles. The Hall–Kier alpha value is -3.13. The number of hydrogen-bond donors (Lipinski definition) is 1. The van der Waals surface area contributed by atoms with E-state index in [0.29, 0.717) is 28.1 Å². The van der Waals surface area contributed by atoms with Gasteiger partial charge < -0.3 is 5.32 Å². The minimum absolute atomic E-state index is 0.182. The number of imide groups is 1. The van der Waals surface area contributed by atoms with Crippen LogP contribution >= 0.6 is 11.3 Å². The molecule has 3 amide bonds. The molecule has 0 saturated heterocycles. The Morgan fingerprint density at radius 2 is 1.74 bits per heavy atom. The van der Waals surface area contributed by atoms with Gasteiger partial charge in [-0.05, 0) is 30.9 Å². The second-order valence-corrected chi connectivity index (χ2v) is 7.43. The van der Waals surface area contributed by atoms with Gasteiger partial charge in [0.25, 0.3) is 11.8 Å². The second kappa shape index (κ2) is 6.88. The summed E-state index contributed by atoms with van der Waals surface area (Å²) in [5.41, 5.74) is 1.05. The molecule has 0 fully saturated rings. The van der Waals surface area contributed by atoms with Crippen molar-refractivity contribution in [3.8, 4) is 0 Å². The third kappa shape index (κ3) is 3.19. The number of carbonyl (C=O) groups is 3. The number of nitrogens with zero attached hydrogens (tertiary/aromatic N) is 3. The van der Waals surface area contributed by atoms with Crippen molar-refractivity contribution in [2.45, 2.75) is 19.8 Å². The molecule has 27 heavy (non-hydrogen) atoms. The van der Waals surface area contributed by atoms with E-state index in [-0.39, 0.29) is 30.7 Å². The van der Waals surface area contributed by atoms with Crippen LogP contribution in [-0.4, -0.2) is 39.4 Å². The molecule has 0 radical (unpaired) electrons. The lowest BCUT2D eigenvalue weighted by Crippen LogP contribution is -2.41. The third-order valence-electron chi connectivity index (χ3n) is 4.41. The van der Waals surface area contributed by atoms with Gasteiger partial charge in [-0.1, -0.05) is 35.6 Å². The number of nitrogens with one attached hydrogen (secondary N) is 1. The van der Waals surface area contributed by atoms with E-state index < -0.39 is 0 Å². The van der Waals surface area contributed by atoms with Crippen LogP contribution < -0.4 is 5.32 Å². The van der Waals surface area contributed by atoms with Crippen LogP contribution in [0.1, 0.15) is 38.6 Å². The zero-order chi connectivity index (χ0) is 19.0. The molecule has 0 spiro atoms. The van der Waals surface area contributed by atoms with Crippen LogP contribution in [0.5, 0.6) is 0 Å². The second-order valence-electron chi connectivity index (χ2n) is 6.25. The Labute approximate surface area is 159 Å². The topological polar surface area (TPSA) is 92.3 Å². The van der Waals surface area contributed by atoms with Gasteiger partial charge in [-0.3, -0.25) is 19.3 Å². The maximum atomic E-state index is 12.8. The third-order valence-corrected chi connectivity index (χ3v) is 5.17. The van der Waals surface area contributed by atoms with E-state index in [1.54, 1.807) is 19.1 Å². The van der Waals surface area contributed by atoms with Crippen LogP contribution in [0, 0.1) is 6.92 Å². The number of hydrogen-bond acceptors (Lipinski definition) is 6. The number of anilines is 1. The molecule has 0 aliphatic carbocycles. The number of carbonyl (C=O) groups excluding carboxylic acids is 3. The molecule has 0 saturated carbocycles. The highest BCUT2D eigenvalue weighted by atomic mass is 32.1. The molecule has 2 aromatic carbocycles. The fourth-order valence-corrected chi connectivity index (χ4v) is 3.82. The summed E-state index contributed by atoms with van der Waals surface area (Å²) in [4.78, 5) is 38.8. The van der Waals surface area contributed by atoms with Crippen molar-refractivity contribution in [2.24, 2.45) is 0 Å². The standard InChI is InChI=1S/C19H16N4O3S/c1-11-21-22-19(27-11)20-15(24)9-4-10-23-17(25)13-7-2-5-12-6-3-8-14(16(12)13)18(23)26/h2-3,5-8H,4,9-10H2,1H3,(H,20,22,24). The minimum atomic E-state index is -0.315. The predicted molar refractivity (Wildman–Crippen MR) is 102 cm³/mol. The van der Waals surface area contributed by atoms with Crippen molar-refractivity contribution in [1.29, 1.82) is 0 Å². The predicted octanol–water partition coefficient (Wildman–Crippen LogP) is 3.01. The normalized spacial score (nSPS) is 13.3. The lowest BCUT2D eigenvalue weighted by atomic mass is 9.94. The first-order valence-corrected chi connectivity index (χ1v) is 9.34. The molecule has 0 bridgehead atoms. The van der Waals surface area contributed by atoms with Gasteiger partial charge in [0.2, 0.25) is 11.0 Å². The summed E-state index contributed by atoms with van der Waals surface area (Å²) < 4.78 is 0. The SMILES string of the molecule is Cc1nnc(NC(=O)CCCN2C(=O)c3cccc4cccc(c34)C2=O)s1. The first kappa shape index (κ1) is 17.3. The quantitative estimate of drug-likeness (QED) is 0.687. The smallest absolute Gasteiger partial charge is 0.261 e. The molecule has 7 nitrogen and oxygen atoms in total. The largest absolute Gasteiger partial charge is 0.301 e. The summed E-state index contributed by atoms with van der Waals surface area (Å²) >= 11 is 1.29. The van der Waals surface area contributed by atoms with Crippen LogP contribution in [0.15, 0.2) is 36.4 Å². The molecule has 4 rings (SSSR count). The zero-order valence-corrected chi connectivity index (χ0v) is 15.4. The van der Waals surface area contributed by atoms with E-state index in [2.05, 4.69) is 15.5 Å². The van der Waals surface area contributed by atoms with Gasteiger partial charge in [-0.15, -0.1) is 10.2 Å². The molecule has 3 aromatic rings. The van der Waals surface area contributed by atoms with Crippen LogP contribution in [0.2, 0.25) is 0 Å². The van der Waals surface area contributed by atoms with E-state index >= 15 is 0 Å². The van der Waals surface area contributed by atoms with Gasteiger partial charge >= 0.3 is 0 Å². The fraction of sp³-hybridized carbons (Fsp3) is 0.211. The van der Waals surface area contributed by atoms with E-state index in [9.17, 15) is 14.4 Å². The highest BCUT2D eigenvalue weighted by molar-refractivity contribution is 7.15. The van der Waals surface area contributed by atoms with Gasteiger partial charge in [-0.2, -0.15) is 0 Å². The van der Waals surface area contributed by atoms with Gasteiger partial charge in [0.1, 0.15) is 5.01 Å². The van der Waals surface area contributed by atoms with Crippen molar-refractivity contribution in [3.63, 3.8) is 0 Å². The van der Waals surface area contributed by atoms with Crippen molar-refractivity contribution in [1.82, 2.24) is 15.1 Å². The first-order chi connectivity index (χ1) is 13.0. The zero-order valence-electron chi connectivity index (χ0n) is 14.6. The molecule has 136 valence electrons. The number of aryl methyl sites for hydroxylation is 1. The Bertz CT molecular complexity index is 1030. The van der Waals surface area contributed by atoms with Crippen molar-refractivity contribution in [2.75, 3.05) is 11.9 Å². The van der Waals surface area contributed by atoms with Gasteiger partial charge in [0.05, 0.1) is 0 Å². The highest BCUT2D eigenvalue weighted by Crippen LogP contribution is 2.30. The fourth-order valence-electron chi connectivity index (χ4n) is 3.21. The number of rotatable bonds is 5. The van der Waals surface area contributed by atoms with Gasteiger partial charge in [0.15, 0.2) is 0 Å². The summed E-state index contributed by atoms with van der Waals surface area (Å²) in [7, 11) is 0. The summed E-state index contributed by atoms with van der Waals surface area (Å²) in [6.45, 7) is 1.99. The summed E-state index contributed by atoms with van der Waals surface area (Å²) in [6.07, 6.45) is 0.556. The molecule has 1 aliphatic heterocycles. The summed E-state index contributed by atoms with van der Waals surface area (Å²) in [5.74, 6) is -0.848. The Morgan fingerprint density at radius 1 is 1.07 bits per heavy atom. The first-order valence-electron chi connectivity index (χ1n) is 8.52. The minimum Gasteiger partial charge on any atom is -0.301 e. The van der Waals surface area contributed by atoms with Gasteiger partial charge in [0, 0.05) is 29.5 Å². The van der Waals surface area contributed by atoms with E-state index in [1.807, 2.05) is 24.3 Å². The number of aromatic nitrogens is 2. The molecule has 8 heteroatoms. The van der Waals surface area contributed by atoms with Crippen LogP contribution in [0.25, 0.3) is 10.8 Å². The molecule has 0 unspecified atom stereocenters. The lowest BCUT2D eigenvalue weighted by Gasteiger charge is -2.27. The van der Waals surface area contributed by atoms with Crippen molar-refractivity contribution in [3.05, 3.63) is 52.5 Å².